The first kappa shape index (κ1) is 31.7. The summed E-state index contributed by atoms with van der Waals surface area (Å²) in [6.45, 7) is 5.72. The van der Waals surface area contributed by atoms with E-state index in [0.29, 0.717) is 21.2 Å². The number of rotatable bonds is 5. The van der Waals surface area contributed by atoms with Crippen molar-refractivity contribution >= 4 is 52.2 Å². The molecule has 3 heterocycles. The van der Waals surface area contributed by atoms with Crippen LogP contribution in [0.2, 0.25) is 0 Å². The molecule has 2 unspecified atom stereocenters. The molecule has 2 aliphatic rings. The number of hydrogen-bond acceptors (Lipinski definition) is 6. The minimum absolute atomic E-state index is 0.180. The van der Waals surface area contributed by atoms with Gasteiger partial charge >= 0.3 is 11.0 Å². The Hall–Kier alpha value is -4.23. The maximum atomic E-state index is 14.1. The molecular formula is C33H27F4N3O4S2. The van der Waals surface area contributed by atoms with E-state index in [1.807, 2.05) is 45.0 Å². The summed E-state index contributed by atoms with van der Waals surface area (Å²) in [4.78, 5) is 55.1. The second-order valence-corrected chi connectivity index (χ2v) is 14.3. The number of thioether (sulfide) groups is 1. The van der Waals surface area contributed by atoms with Crippen molar-refractivity contribution in [3.8, 4) is 0 Å². The highest BCUT2D eigenvalue weighted by Gasteiger charge is 2.57. The average Bonchev–Trinajstić information content (AvgIpc) is 3.43. The minimum Gasteiger partial charge on any atom is -0.325 e. The molecule has 1 saturated heterocycles. The summed E-state index contributed by atoms with van der Waals surface area (Å²) in [6, 6.07) is 16.7. The van der Waals surface area contributed by atoms with Crippen molar-refractivity contribution in [2.75, 3.05) is 10.2 Å². The fourth-order valence-electron chi connectivity index (χ4n) is 5.76. The Balaban J connectivity index is 1.42. The molecule has 1 N–H and O–H groups in total. The highest BCUT2D eigenvalue weighted by atomic mass is 32.2. The van der Waals surface area contributed by atoms with Crippen LogP contribution in [-0.4, -0.2) is 27.5 Å². The van der Waals surface area contributed by atoms with Gasteiger partial charge in [-0.3, -0.25) is 23.7 Å². The van der Waals surface area contributed by atoms with Crippen LogP contribution in [0.1, 0.15) is 48.3 Å². The number of carbonyl (C=O) groups is 3. The van der Waals surface area contributed by atoms with Gasteiger partial charge in [0.2, 0.25) is 17.7 Å². The molecule has 238 valence electrons. The third-order valence-corrected chi connectivity index (χ3v) is 10.7. The van der Waals surface area contributed by atoms with Gasteiger partial charge in [0.05, 0.1) is 22.2 Å². The molecule has 0 aliphatic carbocycles. The average molecular weight is 670 g/mol. The molecule has 0 saturated carbocycles. The molecule has 1 aromatic heterocycles. The van der Waals surface area contributed by atoms with Crippen molar-refractivity contribution in [1.29, 1.82) is 0 Å². The van der Waals surface area contributed by atoms with E-state index < -0.39 is 63.8 Å². The maximum Gasteiger partial charge on any atom is 0.416 e. The van der Waals surface area contributed by atoms with E-state index >= 15 is 0 Å². The Labute approximate surface area is 269 Å². The number of nitrogens with one attached hydrogen (secondary N) is 1. The quantitative estimate of drug-likeness (QED) is 0.187. The number of nitrogens with zero attached hydrogens (tertiary/aromatic N) is 2. The van der Waals surface area contributed by atoms with Gasteiger partial charge in [0, 0.05) is 16.5 Å². The van der Waals surface area contributed by atoms with Gasteiger partial charge in [-0.25, -0.2) is 9.29 Å². The molecule has 0 radical (unpaired) electrons. The number of hydrogen-bond donors (Lipinski definition) is 1. The molecule has 0 spiro atoms. The molecule has 7 nitrogen and oxygen atoms in total. The van der Waals surface area contributed by atoms with Crippen molar-refractivity contribution in [2.45, 2.75) is 55.1 Å². The van der Waals surface area contributed by atoms with E-state index in [1.165, 1.54) is 34.9 Å². The lowest BCUT2D eigenvalue weighted by Crippen LogP contribution is -2.33. The van der Waals surface area contributed by atoms with E-state index in [0.717, 1.165) is 51.8 Å². The first-order chi connectivity index (χ1) is 21.6. The van der Waals surface area contributed by atoms with Gasteiger partial charge in [0.25, 0.3) is 0 Å². The highest BCUT2D eigenvalue weighted by molar-refractivity contribution is 8.00. The van der Waals surface area contributed by atoms with Gasteiger partial charge in [-0.15, -0.1) is 0 Å². The van der Waals surface area contributed by atoms with E-state index in [-0.39, 0.29) is 11.1 Å². The number of carbonyl (C=O) groups excluding carboxylic acids is 3. The summed E-state index contributed by atoms with van der Waals surface area (Å²) < 4.78 is 55.2. The first-order valence-corrected chi connectivity index (χ1v) is 15.9. The van der Waals surface area contributed by atoms with Gasteiger partial charge in [-0.05, 0) is 59.0 Å². The number of amides is 3. The summed E-state index contributed by atoms with van der Waals surface area (Å²) >= 11 is 1.82. The number of aromatic nitrogens is 1. The fraction of sp³-hybridized carbons (Fsp3) is 0.273. The third-order valence-electron chi connectivity index (χ3n) is 8.05. The standard InChI is InChI=1S/C33H27F4N3O4S2/c1-32(2,3)18-9-7-17(8-10-18)24-25-26(29(43)40(28(25)42)22-6-4-5-19(15-22)33(35,36)37)45-30-27(24)46-31(44)39(30)16-23(41)38-21-13-11-20(34)12-14-21/h4-15,24-26H,16H2,1-3H3,(H,38,41)/t24-,25?,26?/m1/s1. The molecule has 13 heteroatoms. The van der Waals surface area contributed by atoms with Gasteiger partial charge in [-0.2, -0.15) is 13.2 Å². The summed E-state index contributed by atoms with van der Waals surface area (Å²) in [5, 5.41) is 1.89. The van der Waals surface area contributed by atoms with Crippen LogP contribution in [0.25, 0.3) is 0 Å². The molecule has 2 aliphatic heterocycles. The van der Waals surface area contributed by atoms with Gasteiger partial charge in [0.15, 0.2) is 0 Å². The molecule has 3 aromatic carbocycles. The van der Waals surface area contributed by atoms with Crippen LogP contribution >= 0.6 is 23.1 Å². The van der Waals surface area contributed by atoms with E-state index in [4.69, 9.17) is 0 Å². The van der Waals surface area contributed by atoms with Crippen LogP contribution in [0, 0.1) is 11.7 Å². The largest absolute Gasteiger partial charge is 0.416 e. The molecule has 6 rings (SSSR count). The lowest BCUT2D eigenvalue weighted by Gasteiger charge is -2.31. The van der Waals surface area contributed by atoms with Gasteiger partial charge in [0.1, 0.15) is 17.6 Å². The molecule has 3 amide bonds. The van der Waals surface area contributed by atoms with Crippen LogP contribution in [-0.2, 0) is 32.5 Å². The third kappa shape index (κ3) is 5.77. The van der Waals surface area contributed by atoms with Crippen molar-refractivity contribution in [1.82, 2.24) is 4.57 Å². The molecule has 3 atom stereocenters. The summed E-state index contributed by atoms with van der Waals surface area (Å²) in [6.07, 6.45) is -4.69. The van der Waals surface area contributed by atoms with E-state index in [9.17, 15) is 36.7 Å². The lowest BCUT2D eigenvalue weighted by atomic mass is 9.81. The lowest BCUT2D eigenvalue weighted by molar-refractivity contribution is -0.137. The Morgan fingerprint density at radius 3 is 2.20 bits per heavy atom. The molecule has 46 heavy (non-hydrogen) atoms. The summed E-state index contributed by atoms with van der Waals surface area (Å²) in [7, 11) is 0. The van der Waals surface area contributed by atoms with Crippen LogP contribution in [0.4, 0.5) is 28.9 Å². The predicted octanol–water partition coefficient (Wildman–Crippen LogP) is 6.80. The van der Waals surface area contributed by atoms with Crippen molar-refractivity contribution < 1.29 is 31.9 Å². The van der Waals surface area contributed by atoms with Crippen molar-refractivity contribution in [3.63, 3.8) is 0 Å². The monoisotopic (exact) mass is 669 g/mol. The Morgan fingerprint density at radius 2 is 1.57 bits per heavy atom. The fourth-order valence-corrected chi connectivity index (χ4v) is 8.53. The topological polar surface area (TPSA) is 88.5 Å². The van der Waals surface area contributed by atoms with E-state index in [1.54, 1.807) is 0 Å². The number of imide groups is 1. The van der Waals surface area contributed by atoms with Crippen LogP contribution in [0.3, 0.4) is 0 Å². The minimum atomic E-state index is -4.69. The smallest absolute Gasteiger partial charge is 0.325 e. The van der Waals surface area contributed by atoms with Crippen LogP contribution in [0.5, 0.6) is 0 Å². The highest BCUT2D eigenvalue weighted by Crippen LogP contribution is 2.54. The zero-order valence-electron chi connectivity index (χ0n) is 24.7. The Kier molecular flexibility index (Phi) is 7.96. The van der Waals surface area contributed by atoms with E-state index in [2.05, 4.69) is 5.32 Å². The van der Waals surface area contributed by atoms with Crippen LogP contribution in [0.15, 0.2) is 82.6 Å². The second-order valence-electron chi connectivity index (χ2n) is 12.2. The molecular weight excluding hydrogens is 643 g/mol. The Bertz CT molecular complexity index is 1910. The SMILES string of the molecule is CC(C)(C)c1ccc([C@H]2c3sc(=O)n(CC(=O)Nc4ccc(F)cc4)c3SC3C(=O)N(c4cccc(C(F)(F)F)c4)C(=O)C32)cc1. The predicted molar refractivity (Wildman–Crippen MR) is 168 cm³/mol. The van der Waals surface area contributed by atoms with Crippen molar-refractivity contribution in [2.24, 2.45) is 5.92 Å². The molecule has 1 fully saturated rings. The molecule has 4 aromatic rings. The van der Waals surface area contributed by atoms with Crippen molar-refractivity contribution in [3.05, 3.63) is 110 Å². The summed E-state index contributed by atoms with van der Waals surface area (Å²) in [5.41, 5.74) is 0.617. The number of halogens is 4. The second kappa shape index (κ2) is 11.5. The Morgan fingerprint density at radius 1 is 0.891 bits per heavy atom. The molecule has 0 bridgehead atoms. The van der Waals surface area contributed by atoms with Gasteiger partial charge < -0.3 is 5.32 Å². The summed E-state index contributed by atoms with van der Waals surface area (Å²) in [5.74, 6) is -4.21. The van der Waals surface area contributed by atoms with Crippen LogP contribution < -0.4 is 15.1 Å². The van der Waals surface area contributed by atoms with Gasteiger partial charge in [-0.1, -0.05) is 74.2 Å². The number of thiazole rings is 1. The maximum absolute atomic E-state index is 14.1. The zero-order chi connectivity index (χ0) is 33.1. The zero-order valence-corrected chi connectivity index (χ0v) is 26.4. The number of benzene rings is 3. The number of anilines is 2. The number of alkyl halides is 3. The first-order valence-electron chi connectivity index (χ1n) is 14.2. The normalized spacial score (nSPS) is 19.6. The number of fused-ring (bicyclic) bond motifs is 2.